The maximum Gasteiger partial charge on any atom is 0.160 e. The molecule has 278 valence electrons. The Bertz CT molecular complexity index is 3130. The van der Waals surface area contributed by atoms with E-state index in [4.69, 9.17) is 14.7 Å². The molecule has 9 aromatic rings. The van der Waals surface area contributed by atoms with E-state index in [1.165, 1.54) is 44.5 Å². The van der Waals surface area contributed by atoms with Crippen LogP contribution < -0.4 is 4.74 Å². The summed E-state index contributed by atoms with van der Waals surface area (Å²) in [6, 6.07) is 69.8. The predicted octanol–water partition coefficient (Wildman–Crippen LogP) is 13.9. The lowest BCUT2D eigenvalue weighted by Gasteiger charge is -2.39. The number of hydrogen-bond acceptors (Lipinski definition) is 3. The Balaban J connectivity index is 1.01. The summed E-state index contributed by atoms with van der Waals surface area (Å²) < 4.78 is 6.73. The SMILES string of the molecule is CC1(C)c2ccccc2-c2ccc(-c3cc(-c4ccccc4)nc(-c4cccc(-c5ccc6c(c5)C5(c7ccccc7O6)c6ccccc6-c6ccccc65)c4)n3)cc21. The Morgan fingerprint density at radius 1 is 0.339 bits per heavy atom. The molecule has 3 nitrogen and oxygen atoms in total. The molecule has 1 aliphatic heterocycles. The lowest BCUT2D eigenvalue weighted by Crippen LogP contribution is -2.32. The van der Waals surface area contributed by atoms with Gasteiger partial charge in [-0.3, -0.25) is 0 Å². The van der Waals surface area contributed by atoms with Gasteiger partial charge in [-0.2, -0.15) is 0 Å². The van der Waals surface area contributed by atoms with Gasteiger partial charge in [0.2, 0.25) is 0 Å². The largest absolute Gasteiger partial charge is 0.457 e. The lowest BCUT2D eigenvalue weighted by molar-refractivity contribution is 0.436. The maximum absolute atomic E-state index is 6.73. The number of para-hydroxylation sites is 1. The molecule has 0 radical (unpaired) electrons. The average Bonchev–Trinajstić information content (AvgIpc) is 3.72. The molecule has 0 fully saturated rings. The third-order valence-corrected chi connectivity index (χ3v) is 13.0. The van der Waals surface area contributed by atoms with Crippen LogP contribution >= 0.6 is 0 Å². The normalized spacial score (nSPS) is 14.3. The first kappa shape index (κ1) is 33.7. The number of hydrogen-bond donors (Lipinski definition) is 0. The smallest absolute Gasteiger partial charge is 0.160 e. The zero-order valence-electron chi connectivity index (χ0n) is 32.8. The molecule has 0 atom stereocenters. The summed E-state index contributed by atoms with van der Waals surface area (Å²) in [5, 5.41) is 0. The zero-order chi connectivity index (χ0) is 39.3. The predicted molar refractivity (Wildman–Crippen MR) is 239 cm³/mol. The van der Waals surface area contributed by atoms with Crippen molar-refractivity contribution < 1.29 is 4.74 Å². The van der Waals surface area contributed by atoms with Crippen molar-refractivity contribution in [1.29, 1.82) is 0 Å². The second-order valence-electron chi connectivity index (χ2n) is 16.5. The number of benzene rings is 8. The van der Waals surface area contributed by atoms with Gasteiger partial charge >= 0.3 is 0 Å². The van der Waals surface area contributed by atoms with Crippen LogP contribution in [0.3, 0.4) is 0 Å². The summed E-state index contributed by atoms with van der Waals surface area (Å²) in [5.41, 5.74) is 19.1. The van der Waals surface area contributed by atoms with Crippen LogP contribution in [0.4, 0.5) is 0 Å². The maximum atomic E-state index is 6.73. The van der Waals surface area contributed by atoms with Crippen LogP contribution in [0.25, 0.3) is 67.3 Å². The minimum atomic E-state index is -0.529. The fourth-order valence-corrected chi connectivity index (χ4v) is 10.2. The van der Waals surface area contributed by atoms with Crippen molar-refractivity contribution in [3.8, 4) is 78.8 Å². The molecule has 3 aliphatic rings. The van der Waals surface area contributed by atoms with Crippen LogP contribution in [0, 0.1) is 0 Å². The van der Waals surface area contributed by atoms with Crippen molar-refractivity contribution in [2.45, 2.75) is 24.7 Å². The van der Waals surface area contributed by atoms with Gasteiger partial charge in [0.1, 0.15) is 11.5 Å². The van der Waals surface area contributed by atoms with Crippen LogP contribution in [-0.4, -0.2) is 9.97 Å². The molecule has 0 saturated carbocycles. The van der Waals surface area contributed by atoms with Gasteiger partial charge in [-0.1, -0.05) is 172 Å². The van der Waals surface area contributed by atoms with Crippen LogP contribution in [0.5, 0.6) is 11.5 Å². The Hall–Kier alpha value is -7.36. The Labute approximate surface area is 344 Å². The molecule has 2 aliphatic carbocycles. The van der Waals surface area contributed by atoms with E-state index in [1.807, 2.05) is 6.07 Å². The highest BCUT2D eigenvalue weighted by molar-refractivity contribution is 5.90. The monoisotopic (exact) mass is 754 g/mol. The molecule has 0 bridgehead atoms. The second kappa shape index (κ2) is 12.6. The van der Waals surface area contributed by atoms with Crippen LogP contribution in [0.15, 0.2) is 194 Å². The van der Waals surface area contributed by atoms with E-state index in [9.17, 15) is 0 Å². The van der Waals surface area contributed by atoms with Gasteiger partial charge in [-0.25, -0.2) is 9.97 Å². The highest BCUT2D eigenvalue weighted by atomic mass is 16.5. The minimum Gasteiger partial charge on any atom is -0.457 e. The average molecular weight is 755 g/mol. The van der Waals surface area contributed by atoms with Crippen molar-refractivity contribution in [2.75, 3.05) is 0 Å². The minimum absolute atomic E-state index is 0.113. The highest BCUT2D eigenvalue weighted by Gasteiger charge is 2.51. The molecule has 59 heavy (non-hydrogen) atoms. The molecule has 0 amide bonds. The van der Waals surface area contributed by atoms with E-state index in [2.05, 4.69) is 202 Å². The third kappa shape index (κ3) is 4.88. The van der Waals surface area contributed by atoms with Gasteiger partial charge in [0, 0.05) is 33.2 Å². The van der Waals surface area contributed by atoms with Gasteiger partial charge in [0.25, 0.3) is 0 Å². The molecule has 8 aromatic carbocycles. The zero-order valence-corrected chi connectivity index (χ0v) is 32.8. The van der Waals surface area contributed by atoms with E-state index in [1.54, 1.807) is 0 Å². The Morgan fingerprint density at radius 2 is 0.847 bits per heavy atom. The van der Waals surface area contributed by atoms with E-state index in [0.717, 1.165) is 61.8 Å². The Kier molecular flexibility index (Phi) is 7.19. The van der Waals surface area contributed by atoms with Crippen LogP contribution in [0.1, 0.15) is 47.2 Å². The molecule has 1 aromatic heterocycles. The van der Waals surface area contributed by atoms with Crippen molar-refractivity contribution in [2.24, 2.45) is 0 Å². The summed E-state index contributed by atoms with van der Waals surface area (Å²) in [6.07, 6.45) is 0. The number of rotatable bonds is 4. The van der Waals surface area contributed by atoms with E-state index >= 15 is 0 Å². The molecule has 3 heteroatoms. The third-order valence-electron chi connectivity index (χ3n) is 13.0. The number of fused-ring (bicyclic) bond motifs is 12. The van der Waals surface area contributed by atoms with Gasteiger partial charge in [-0.05, 0) is 92.0 Å². The van der Waals surface area contributed by atoms with E-state index in [-0.39, 0.29) is 5.41 Å². The molecular weight excluding hydrogens is 717 g/mol. The van der Waals surface area contributed by atoms with Crippen LogP contribution in [-0.2, 0) is 10.8 Å². The molecule has 0 unspecified atom stereocenters. The van der Waals surface area contributed by atoms with Crippen molar-refractivity contribution in [1.82, 2.24) is 9.97 Å². The molecule has 12 rings (SSSR count). The summed E-state index contributed by atoms with van der Waals surface area (Å²) in [5.74, 6) is 2.46. The van der Waals surface area contributed by atoms with E-state index < -0.39 is 5.41 Å². The standard InChI is InChI=1S/C56H38N2O/c1-55(2)44-22-9-6-19-40(44)43-29-27-38(33-48(43)55)51-34-50(35-15-4-3-5-16-35)57-54(58-51)39-18-14-17-36(31-39)37-28-30-53-49(32-37)56(47-25-12-13-26-52(47)59-53)45-23-10-7-20-41(45)42-21-8-11-24-46(42)56/h3-34H,1-2H3. The summed E-state index contributed by atoms with van der Waals surface area (Å²) >= 11 is 0. The van der Waals surface area contributed by atoms with Crippen molar-refractivity contribution in [3.05, 3.63) is 228 Å². The summed E-state index contributed by atoms with van der Waals surface area (Å²) in [7, 11) is 0. The van der Waals surface area contributed by atoms with Gasteiger partial charge in [0.05, 0.1) is 16.8 Å². The highest BCUT2D eigenvalue weighted by Crippen LogP contribution is 2.62. The topological polar surface area (TPSA) is 35.0 Å². The van der Waals surface area contributed by atoms with E-state index in [0.29, 0.717) is 5.82 Å². The fourth-order valence-electron chi connectivity index (χ4n) is 10.2. The number of nitrogens with zero attached hydrogens (tertiary/aromatic N) is 2. The molecular formula is C56H38N2O. The van der Waals surface area contributed by atoms with Gasteiger partial charge < -0.3 is 4.74 Å². The van der Waals surface area contributed by atoms with Crippen LogP contribution in [0.2, 0.25) is 0 Å². The number of ether oxygens (including phenoxy) is 1. The van der Waals surface area contributed by atoms with Crippen molar-refractivity contribution in [3.63, 3.8) is 0 Å². The fraction of sp³-hybridized carbons (Fsp3) is 0.0714. The lowest BCUT2D eigenvalue weighted by atomic mass is 9.66. The van der Waals surface area contributed by atoms with Gasteiger partial charge in [0.15, 0.2) is 5.82 Å². The first-order valence-electron chi connectivity index (χ1n) is 20.4. The second-order valence-corrected chi connectivity index (χ2v) is 16.5. The summed E-state index contributed by atoms with van der Waals surface area (Å²) in [6.45, 7) is 4.65. The van der Waals surface area contributed by atoms with Gasteiger partial charge in [-0.15, -0.1) is 0 Å². The van der Waals surface area contributed by atoms with Crippen molar-refractivity contribution >= 4 is 0 Å². The molecule has 0 N–H and O–H groups in total. The summed E-state index contributed by atoms with van der Waals surface area (Å²) in [4.78, 5) is 10.6. The molecule has 2 heterocycles. The molecule has 0 saturated heterocycles. The Morgan fingerprint density at radius 3 is 1.59 bits per heavy atom. The molecule has 1 spiro atoms. The number of aromatic nitrogens is 2. The first-order valence-corrected chi connectivity index (χ1v) is 20.4. The first-order chi connectivity index (χ1) is 29.0. The quantitative estimate of drug-likeness (QED) is 0.179.